The molecule has 0 aliphatic carbocycles. The second-order valence-corrected chi connectivity index (χ2v) is 6.38. The second kappa shape index (κ2) is 7.23. The molecule has 0 aromatic carbocycles. The van der Waals surface area contributed by atoms with Crippen molar-refractivity contribution in [3.8, 4) is 11.4 Å². The van der Waals surface area contributed by atoms with Gasteiger partial charge in [0.2, 0.25) is 0 Å². The highest BCUT2D eigenvalue weighted by Crippen LogP contribution is 2.22. The molecule has 126 valence electrons. The van der Waals surface area contributed by atoms with E-state index in [0.29, 0.717) is 0 Å². The molecule has 0 N–H and O–H groups in total. The van der Waals surface area contributed by atoms with Crippen LogP contribution in [-0.4, -0.2) is 59.2 Å². The van der Waals surface area contributed by atoms with Crippen LogP contribution >= 0.6 is 0 Å². The third-order valence-electron chi connectivity index (χ3n) is 4.68. The van der Waals surface area contributed by atoms with Crippen molar-refractivity contribution in [3.05, 3.63) is 36.4 Å². The normalized spacial score (nSPS) is 18.9. The summed E-state index contributed by atoms with van der Waals surface area (Å²) < 4.78 is 5.37. The van der Waals surface area contributed by atoms with Gasteiger partial charge in [-0.15, -0.1) is 0 Å². The highest BCUT2D eigenvalue weighted by molar-refractivity contribution is 5.57. The quantitative estimate of drug-likeness (QED) is 0.857. The molecule has 0 atom stereocenters. The van der Waals surface area contributed by atoms with Crippen molar-refractivity contribution in [1.29, 1.82) is 0 Å². The molecule has 4 heterocycles. The summed E-state index contributed by atoms with van der Waals surface area (Å²) in [6.45, 7) is 6.63. The second-order valence-electron chi connectivity index (χ2n) is 6.38. The van der Waals surface area contributed by atoms with Crippen LogP contribution in [0.4, 0.5) is 5.69 Å². The van der Waals surface area contributed by atoms with Gasteiger partial charge >= 0.3 is 0 Å². The average molecular weight is 325 g/mol. The van der Waals surface area contributed by atoms with Crippen molar-refractivity contribution in [2.75, 3.05) is 44.3 Å². The molecule has 0 saturated carbocycles. The minimum Gasteiger partial charge on any atom is -0.379 e. The average Bonchev–Trinajstić information content (AvgIpc) is 3.18. The lowest BCUT2D eigenvalue weighted by molar-refractivity contribution is 0.0336. The molecular weight excluding hydrogens is 302 g/mol. The SMILES string of the molecule is c1cc(-c2cnc(CN3CCOCC3)cn2)ncc1N1CCCC1. The maximum atomic E-state index is 5.37. The fourth-order valence-corrected chi connectivity index (χ4v) is 3.26. The largest absolute Gasteiger partial charge is 0.379 e. The van der Waals surface area contributed by atoms with Crippen LogP contribution in [0, 0.1) is 0 Å². The van der Waals surface area contributed by atoms with Gasteiger partial charge in [0.15, 0.2) is 0 Å². The van der Waals surface area contributed by atoms with E-state index in [1.165, 1.54) is 18.5 Å². The van der Waals surface area contributed by atoms with Crippen molar-refractivity contribution < 1.29 is 4.74 Å². The number of morpholine rings is 1. The summed E-state index contributed by atoms with van der Waals surface area (Å²) in [6.07, 6.45) is 8.19. The smallest absolute Gasteiger partial charge is 0.107 e. The number of pyridine rings is 1. The van der Waals surface area contributed by atoms with E-state index in [1.54, 1.807) is 0 Å². The Kier molecular flexibility index (Phi) is 4.66. The molecule has 0 radical (unpaired) electrons. The first-order valence-corrected chi connectivity index (χ1v) is 8.71. The number of anilines is 1. The molecule has 24 heavy (non-hydrogen) atoms. The zero-order valence-electron chi connectivity index (χ0n) is 13.9. The molecule has 6 heteroatoms. The number of ether oxygens (including phenoxy) is 1. The number of aromatic nitrogens is 3. The highest BCUT2D eigenvalue weighted by Gasteiger charge is 2.14. The standard InChI is InChI=1S/C18H23N5O/c1-2-6-23(5-1)16-3-4-17(21-12-16)18-13-19-15(11-20-18)14-22-7-9-24-10-8-22/h3-4,11-13H,1-2,5-10,14H2. The summed E-state index contributed by atoms with van der Waals surface area (Å²) in [5, 5.41) is 0. The van der Waals surface area contributed by atoms with Crippen LogP contribution < -0.4 is 4.90 Å². The van der Waals surface area contributed by atoms with Crippen LogP contribution in [0.15, 0.2) is 30.7 Å². The molecule has 0 unspecified atom stereocenters. The maximum absolute atomic E-state index is 5.37. The van der Waals surface area contributed by atoms with Crippen molar-refractivity contribution in [2.45, 2.75) is 19.4 Å². The lowest BCUT2D eigenvalue weighted by Gasteiger charge is -2.25. The van der Waals surface area contributed by atoms with Crippen LogP contribution in [0.5, 0.6) is 0 Å². The molecule has 4 rings (SSSR count). The van der Waals surface area contributed by atoms with Crippen LogP contribution in [0.2, 0.25) is 0 Å². The Morgan fingerprint density at radius 2 is 1.62 bits per heavy atom. The Morgan fingerprint density at radius 3 is 2.29 bits per heavy atom. The lowest BCUT2D eigenvalue weighted by atomic mass is 10.2. The summed E-state index contributed by atoms with van der Waals surface area (Å²) in [4.78, 5) is 18.4. The molecule has 2 fully saturated rings. The zero-order chi connectivity index (χ0) is 16.2. The topological polar surface area (TPSA) is 54.4 Å². The van der Waals surface area contributed by atoms with Gasteiger partial charge in [0.05, 0.1) is 48.9 Å². The van der Waals surface area contributed by atoms with Gasteiger partial charge in [0.1, 0.15) is 5.69 Å². The van der Waals surface area contributed by atoms with E-state index in [-0.39, 0.29) is 0 Å². The number of hydrogen-bond donors (Lipinski definition) is 0. The van der Waals surface area contributed by atoms with E-state index in [4.69, 9.17) is 4.74 Å². The van der Waals surface area contributed by atoms with Crippen LogP contribution in [0.3, 0.4) is 0 Å². The Labute approximate surface area is 142 Å². The molecule has 0 spiro atoms. The van der Waals surface area contributed by atoms with E-state index >= 15 is 0 Å². The molecule has 2 aromatic heterocycles. The minimum absolute atomic E-state index is 0.804. The predicted molar refractivity (Wildman–Crippen MR) is 92.8 cm³/mol. The summed E-state index contributed by atoms with van der Waals surface area (Å²) in [5.74, 6) is 0. The molecule has 0 amide bonds. The minimum atomic E-state index is 0.804. The lowest BCUT2D eigenvalue weighted by Crippen LogP contribution is -2.35. The Hall–Kier alpha value is -2.05. The highest BCUT2D eigenvalue weighted by atomic mass is 16.5. The monoisotopic (exact) mass is 325 g/mol. The third-order valence-corrected chi connectivity index (χ3v) is 4.68. The van der Waals surface area contributed by atoms with Crippen molar-refractivity contribution in [3.63, 3.8) is 0 Å². The van der Waals surface area contributed by atoms with E-state index < -0.39 is 0 Å². The fraction of sp³-hybridized carbons (Fsp3) is 0.500. The first kappa shape index (κ1) is 15.5. The van der Waals surface area contributed by atoms with Gasteiger partial charge in [-0.05, 0) is 25.0 Å². The summed E-state index contributed by atoms with van der Waals surface area (Å²) in [6, 6.07) is 4.18. The zero-order valence-corrected chi connectivity index (χ0v) is 13.9. The van der Waals surface area contributed by atoms with E-state index in [1.807, 2.05) is 24.7 Å². The first-order valence-electron chi connectivity index (χ1n) is 8.71. The molecule has 2 aliphatic heterocycles. The van der Waals surface area contributed by atoms with Gasteiger partial charge < -0.3 is 9.64 Å². The Balaban J connectivity index is 1.42. The Morgan fingerprint density at radius 1 is 0.833 bits per heavy atom. The number of hydrogen-bond acceptors (Lipinski definition) is 6. The molecule has 2 aromatic rings. The molecule has 2 aliphatic rings. The third kappa shape index (κ3) is 3.55. The summed E-state index contributed by atoms with van der Waals surface area (Å²) in [5.41, 5.74) is 3.90. The van der Waals surface area contributed by atoms with Gasteiger partial charge in [-0.1, -0.05) is 0 Å². The van der Waals surface area contributed by atoms with Gasteiger partial charge in [0.25, 0.3) is 0 Å². The van der Waals surface area contributed by atoms with Crippen molar-refractivity contribution in [2.24, 2.45) is 0 Å². The molecule has 2 saturated heterocycles. The van der Waals surface area contributed by atoms with Crippen molar-refractivity contribution >= 4 is 5.69 Å². The Bertz CT molecular complexity index is 646. The van der Waals surface area contributed by atoms with Crippen LogP contribution in [0.1, 0.15) is 18.5 Å². The number of nitrogens with zero attached hydrogens (tertiary/aromatic N) is 5. The van der Waals surface area contributed by atoms with Gasteiger partial charge in [0, 0.05) is 32.7 Å². The molecule has 6 nitrogen and oxygen atoms in total. The molecular formula is C18H23N5O. The summed E-state index contributed by atoms with van der Waals surface area (Å²) in [7, 11) is 0. The van der Waals surface area contributed by atoms with Gasteiger partial charge in [-0.3, -0.25) is 19.9 Å². The van der Waals surface area contributed by atoms with E-state index in [0.717, 1.165) is 63.0 Å². The summed E-state index contributed by atoms with van der Waals surface area (Å²) >= 11 is 0. The van der Waals surface area contributed by atoms with Gasteiger partial charge in [-0.2, -0.15) is 0 Å². The predicted octanol–water partition coefficient (Wildman–Crippen LogP) is 1.97. The fourth-order valence-electron chi connectivity index (χ4n) is 3.26. The van der Waals surface area contributed by atoms with Crippen LogP contribution in [-0.2, 0) is 11.3 Å². The van der Waals surface area contributed by atoms with E-state index in [9.17, 15) is 0 Å². The first-order chi connectivity index (χ1) is 11.9. The van der Waals surface area contributed by atoms with Crippen LogP contribution in [0.25, 0.3) is 11.4 Å². The number of rotatable bonds is 4. The van der Waals surface area contributed by atoms with Gasteiger partial charge in [-0.25, -0.2) is 0 Å². The van der Waals surface area contributed by atoms with E-state index in [2.05, 4.69) is 30.8 Å². The van der Waals surface area contributed by atoms with Crippen molar-refractivity contribution in [1.82, 2.24) is 19.9 Å². The molecule has 0 bridgehead atoms. The maximum Gasteiger partial charge on any atom is 0.107 e.